The number of fused-ring (bicyclic) bond motifs is 1. The summed E-state index contributed by atoms with van der Waals surface area (Å²) in [6.45, 7) is 0.710. The number of benzene rings is 1. The zero-order valence-electron chi connectivity index (χ0n) is 15.8. The van der Waals surface area contributed by atoms with E-state index in [0.29, 0.717) is 31.0 Å². The van der Waals surface area contributed by atoms with Crippen LogP contribution in [0.3, 0.4) is 0 Å². The van der Waals surface area contributed by atoms with Crippen molar-refractivity contribution in [3.8, 4) is 0 Å². The molecular formula is C20H26F3N5. The molecule has 28 heavy (non-hydrogen) atoms. The Balaban J connectivity index is 1.42. The summed E-state index contributed by atoms with van der Waals surface area (Å²) in [6, 6.07) is 6.65. The number of piperidine rings is 1. The minimum atomic E-state index is -4.10. The van der Waals surface area contributed by atoms with Gasteiger partial charge in [-0.3, -0.25) is 4.98 Å². The number of nitrogens with two attached hydrogens (primary N) is 1. The van der Waals surface area contributed by atoms with Crippen LogP contribution in [0.5, 0.6) is 0 Å². The highest BCUT2D eigenvalue weighted by atomic mass is 19.4. The number of aromatic nitrogens is 2. The van der Waals surface area contributed by atoms with Crippen LogP contribution in [-0.4, -0.2) is 41.3 Å². The van der Waals surface area contributed by atoms with Crippen LogP contribution in [0.2, 0.25) is 0 Å². The van der Waals surface area contributed by atoms with Crippen molar-refractivity contribution < 1.29 is 13.2 Å². The second-order valence-electron chi connectivity index (χ2n) is 7.99. The highest BCUT2D eigenvalue weighted by Crippen LogP contribution is 2.35. The quantitative estimate of drug-likeness (QED) is 0.822. The lowest BCUT2D eigenvalue weighted by Crippen LogP contribution is -2.39. The number of hydrogen-bond donors (Lipinski definition) is 2. The Hall–Kier alpha value is -2.09. The molecule has 0 unspecified atom stereocenters. The molecule has 1 aliphatic carbocycles. The van der Waals surface area contributed by atoms with Gasteiger partial charge in [-0.15, -0.1) is 0 Å². The normalized spacial score (nSPS) is 24.5. The van der Waals surface area contributed by atoms with E-state index in [1.807, 2.05) is 23.1 Å². The molecule has 1 saturated carbocycles. The molecular weight excluding hydrogens is 367 g/mol. The fourth-order valence-electron chi connectivity index (χ4n) is 4.18. The van der Waals surface area contributed by atoms with Crippen LogP contribution < -0.4 is 16.0 Å². The molecule has 3 N–H and O–H groups in total. The molecule has 2 heterocycles. The van der Waals surface area contributed by atoms with Gasteiger partial charge in [0.25, 0.3) is 0 Å². The molecule has 0 amide bonds. The molecule has 0 bridgehead atoms. The van der Waals surface area contributed by atoms with Crippen molar-refractivity contribution in [2.45, 2.75) is 56.8 Å². The predicted octanol–water partition coefficient (Wildman–Crippen LogP) is 4.09. The van der Waals surface area contributed by atoms with Crippen molar-refractivity contribution in [3.05, 3.63) is 24.4 Å². The highest BCUT2D eigenvalue weighted by molar-refractivity contribution is 5.79. The third-order valence-electron chi connectivity index (χ3n) is 5.95. The topological polar surface area (TPSA) is 67.1 Å². The summed E-state index contributed by atoms with van der Waals surface area (Å²) in [4.78, 5) is 11.0. The zero-order chi connectivity index (χ0) is 19.7. The minimum Gasteiger partial charge on any atom is -0.382 e. The maximum Gasteiger partial charge on any atom is 0.391 e. The molecule has 8 heteroatoms. The number of alkyl halides is 3. The second kappa shape index (κ2) is 7.73. The largest absolute Gasteiger partial charge is 0.391 e. The van der Waals surface area contributed by atoms with E-state index < -0.39 is 12.1 Å². The van der Waals surface area contributed by atoms with E-state index >= 15 is 0 Å². The maximum atomic E-state index is 12.8. The minimum absolute atomic E-state index is 0.108. The average molecular weight is 393 g/mol. The van der Waals surface area contributed by atoms with Gasteiger partial charge < -0.3 is 16.0 Å². The lowest BCUT2D eigenvalue weighted by atomic mass is 9.91. The number of anilines is 2. The van der Waals surface area contributed by atoms with Gasteiger partial charge in [-0.25, -0.2) is 4.98 Å². The third-order valence-corrected chi connectivity index (χ3v) is 5.95. The van der Waals surface area contributed by atoms with Gasteiger partial charge in [0.1, 0.15) is 5.82 Å². The summed E-state index contributed by atoms with van der Waals surface area (Å²) in [5.41, 5.74) is 8.52. The first kappa shape index (κ1) is 19.2. The first-order valence-electron chi connectivity index (χ1n) is 9.99. The first-order chi connectivity index (χ1) is 13.4. The molecule has 0 atom stereocenters. The number of halogens is 3. The van der Waals surface area contributed by atoms with Crippen LogP contribution in [0.4, 0.5) is 24.7 Å². The smallest absolute Gasteiger partial charge is 0.382 e. The SMILES string of the molecule is NC1CCC(Nc2ccc3nc(N4CCC(C(F)(F)F)CC4)cnc3c2)CC1. The van der Waals surface area contributed by atoms with Crippen LogP contribution in [0.1, 0.15) is 38.5 Å². The Morgan fingerprint density at radius 2 is 1.71 bits per heavy atom. The Labute approximate surface area is 162 Å². The van der Waals surface area contributed by atoms with Crippen molar-refractivity contribution in [2.24, 2.45) is 11.7 Å². The van der Waals surface area contributed by atoms with E-state index in [1.165, 1.54) is 0 Å². The van der Waals surface area contributed by atoms with Gasteiger partial charge in [-0.05, 0) is 56.7 Å². The van der Waals surface area contributed by atoms with Gasteiger partial charge in [-0.1, -0.05) is 0 Å². The van der Waals surface area contributed by atoms with Crippen molar-refractivity contribution in [2.75, 3.05) is 23.3 Å². The first-order valence-corrected chi connectivity index (χ1v) is 9.99. The van der Waals surface area contributed by atoms with Gasteiger partial charge in [0.2, 0.25) is 0 Å². The number of hydrogen-bond acceptors (Lipinski definition) is 5. The Bertz CT molecular complexity index is 809. The molecule has 0 radical (unpaired) electrons. The Morgan fingerprint density at radius 1 is 1.00 bits per heavy atom. The molecule has 2 fully saturated rings. The average Bonchev–Trinajstić information content (AvgIpc) is 2.69. The molecule has 2 aliphatic rings. The van der Waals surface area contributed by atoms with Gasteiger partial charge in [-0.2, -0.15) is 13.2 Å². The van der Waals surface area contributed by atoms with Crippen molar-refractivity contribution in [1.82, 2.24) is 9.97 Å². The van der Waals surface area contributed by atoms with Crippen molar-refractivity contribution >= 4 is 22.5 Å². The standard InChI is InChI=1S/C20H26F3N5/c21-20(22,23)13-7-9-28(10-8-13)19-12-25-18-11-16(5-6-17(18)27-19)26-15-3-1-14(24)2-4-15/h5-6,11-15,26H,1-4,7-10,24H2. The number of nitrogens with one attached hydrogen (secondary N) is 1. The van der Waals surface area contributed by atoms with Crippen molar-refractivity contribution in [3.63, 3.8) is 0 Å². The summed E-state index contributed by atoms with van der Waals surface area (Å²) < 4.78 is 38.5. The van der Waals surface area contributed by atoms with Gasteiger partial charge >= 0.3 is 6.18 Å². The number of nitrogens with zero attached hydrogens (tertiary/aromatic N) is 3. The summed E-state index contributed by atoms with van der Waals surface area (Å²) in [6.07, 6.45) is 2.00. The van der Waals surface area contributed by atoms with E-state index in [1.54, 1.807) is 6.20 Å². The van der Waals surface area contributed by atoms with Gasteiger partial charge in [0.15, 0.2) is 0 Å². The Kier molecular flexibility index (Phi) is 5.31. The lowest BCUT2D eigenvalue weighted by Gasteiger charge is -2.33. The Morgan fingerprint density at radius 3 is 2.39 bits per heavy atom. The van der Waals surface area contributed by atoms with E-state index in [9.17, 15) is 13.2 Å². The molecule has 1 aliphatic heterocycles. The van der Waals surface area contributed by atoms with E-state index in [2.05, 4.69) is 15.3 Å². The molecule has 0 spiro atoms. The third kappa shape index (κ3) is 4.32. The predicted molar refractivity (Wildman–Crippen MR) is 104 cm³/mol. The van der Waals surface area contributed by atoms with Crippen LogP contribution in [0.15, 0.2) is 24.4 Å². The summed E-state index contributed by atoms with van der Waals surface area (Å²) in [7, 11) is 0. The molecule has 1 saturated heterocycles. The second-order valence-corrected chi connectivity index (χ2v) is 7.99. The van der Waals surface area contributed by atoms with E-state index in [0.717, 1.165) is 42.4 Å². The van der Waals surface area contributed by atoms with Crippen LogP contribution in [-0.2, 0) is 0 Å². The monoisotopic (exact) mass is 393 g/mol. The van der Waals surface area contributed by atoms with Gasteiger partial charge in [0, 0.05) is 30.9 Å². The fourth-order valence-corrected chi connectivity index (χ4v) is 4.18. The van der Waals surface area contributed by atoms with Crippen LogP contribution in [0, 0.1) is 5.92 Å². The summed E-state index contributed by atoms with van der Waals surface area (Å²) >= 11 is 0. The molecule has 5 nitrogen and oxygen atoms in total. The number of rotatable bonds is 3. The highest BCUT2D eigenvalue weighted by Gasteiger charge is 2.41. The fraction of sp³-hybridized carbons (Fsp3) is 0.600. The van der Waals surface area contributed by atoms with Crippen LogP contribution in [0.25, 0.3) is 11.0 Å². The molecule has 1 aromatic heterocycles. The van der Waals surface area contributed by atoms with Crippen molar-refractivity contribution in [1.29, 1.82) is 0 Å². The molecule has 152 valence electrons. The van der Waals surface area contributed by atoms with E-state index in [-0.39, 0.29) is 12.8 Å². The lowest BCUT2D eigenvalue weighted by molar-refractivity contribution is -0.179. The van der Waals surface area contributed by atoms with Gasteiger partial charge in [0.05, 0.1) is 23.1 Å². The maximum absolute atomic E-state index is 12.8. The molecule has 1 aromatic carbocycles. The van der Waals surface area contributed by atoms with Crippen LogP contribution >= 0.6 is 0 Å². The molecule has 2 aromatic rings. The zero-order valence-corrected chi connectivity index (χ0v) is 15.8. The summed E-state index contributed by atoms with van der Waals surface area (Å²) in [5, 5.41) is 3.55. The summed E-state index contributed by atoms with van der Waals surface area (Å²) in [5.74, 6) is -0.560. The molecule has 4 rings (SSSR count). The van der Waals surface area contributed by atoms with E-state index in [4.69, 9.17) is 5.73 Å².